The Bertz CT molecular complexity index is 149. The Morgan fingerprint density at radius 2 is 2.27 bits per heavy atom. The smallest absolute Gasteiger partial charge is 0.175 e. The summed E-state index contributed by atoms with van der Waals surface area (Å²) in [7, 11) is 0. The maximum atomic E-state index is 4.25. The first-order valence-corrected chi connectivity index (χ1v) is 4.91. The van der Waals surface area contributed by atoms with Crippen molar-refractivity contribution in [3.63, 3.8) is 0 Å². The van der Waals surface area contributed by atoms with Crippen molar-refractivity contribution in [2.75, 3.05) is 13.1 Å². The van der Waals surface area contributed by atoms with Crippen molar-refractivity contribution < 1.29 is 0 Å². The summed E-state index contributed by atoms with van der Waals surface area (Å²) in [5.41, 5.74) is 0. The average Bonchev–Trinajstić information content (AvgIpc) is 2.34. The average molecular weight is 220 g/mol. The molecule has 0 saturated carbocycles. The molecular formula is C7H14BrN3. The molecule has 1 aliphatic rings. The van der Waals surface area contributed by atoms with E-state index in [0.29, 0.717) is 0 Å². The minimum Gasteiger partial charge on any atom is -0.331 e. The fourth-order valence-electron chi connectivity index (χ4n) is 1.04. The number of hydrogen-bond acceptors (Lipinski definition) is 3. The molecule has 3 nitrogen and oxygen atoms in total. The number of halogens is 1. The van der Waals surface area contributed by atoms with Crippen LogP contribution in [0, 0.1) is 0 Å². The van der Waals surface area contributed by atoms with Gasteiger partial charge in [-0.05, 0) is 29.3 Å². The molecule has 1 rings (SSSR count). The lowest BCUT2D eigenvalue weighted by molar-refractivity contribution is 0.215. The van der Waals surface area contributed by atoms with E-state index in [4.69, 9.17) is 0 Å². The monoisotopic (exact) mass is 219 g/mol. The van der Waals surface area contributed by atoms with Crippen LogP contribution in [0.1, 0.15) is 20.3 Å². The van der Waals surface area contributed by atoms with E-state index in [9.17, 15) is 0 Å². The second-order valence-electron chi connectivity index (χ2n) is 2.54. The molecule has 1 unspecified atom stereocenters. The van der Waals surface area contributed by atoms with Crippen molar-refractivity contribution in [3.05, 3.63) is 0 Å². The fourth-order valence-corrected chi connectivity index (χ4v) is 1.75. The van der Waals surface area contributed by atoms with Crippen molar-refractivity contribution in [1.29, 1.82) is 0 Å². The lowest BCUT2D eigenvalue weighted by atomic mass is 10.5. The maximum absolute atomic E-state index is 4.25. The number of hydrogen-bond donors (Lipinski definition) is 0. The van der Waals surface area contributed by atoms with E-state index in [-0.39, 0.29) is 5.08 Å². The van der Waals surface area contributed by atoms with Crippen LogP contribution in [0.25, 0.3) is 0 Å². The third-order valence-corrected chi connectivity index (χ3v) is 2.68. The summed E-state index contributed by atoms with van der Waals surface area (Å²) in [5.74, 6) is 0. The zero-order valence-corrected chi connectivity index (χ0v) is 8.58. The van der Waals surface area contributed by atoms with Crippen LogP contribution in [0.4, 0.5) is 0 Å². The highest BCUT2D eigenvalue weighted by atomic mass is 79.9. The van der Waals surface area contributed by atoms with Crippen LogP contribution in [-0.4, -0.2) is 34.4 Å². The quantitative estimate of drug-likeness (QED) is 0.532. The Morgan fingerprint density at radius 3 is 2.73 bits per heavy atom. The van der Waals surface area contributed by atoms with E-state index in [2.05, 4.69) is 39.8 Å². The molecule has 1 heterocycles. The normalized spacial score (nSPS) is 23.4. The van der Waals surface area contributed by atoms with Crippen molar-refractivity contribution in [1.82, 2.24) is 9.91 Å². The van der Waals surface area contributed by atoms with Gasteiger partial charge in [-0.3, -0.25) is 5.01 Å². The van der Waals surface area contributed by atoms with Crippen LogP contribution < -0.4 is 0 Å². The molecular weight excluding hydrogens is 206 g/mol. The summed E-state index contributed by atoms with van der Waals surface area (Å²) in [5, 5.41) is 6.56. The highest BCUT2D eigenvalue weighted by Crippen LogP contribution is 2.17. The van der Waals surface area contributed by atoms with Crippen LogP contribution in [0.5, 0.6) is 0 Å². The van der Waals surface area contributed by atoms with E-state index in [1.54, 1.807) is 0 Å². The van der Waals surface area contributed by atoms with Gasteiger partial charge in [0.05, 0.1) is 0 Å². The largest absolute Gasteiger partial charge is 0.331 e. The van der Waals surface area contributed by atoms with Gasteiger partial charge < -0.3 is 4.90 Å². The number of alkyl halides is 1. The van der Waals surface area contributed by atoms with E-state index in [1.165, 1.54) is 0 Å². The first kappa shape index (κ1) is 8.84. The lowest BCUT2D eigenvalue weighted by Gasteiger charge is -2.23. The molecule has 0 radical (unpaired) electrons. The molecule has 0 amide bonds. The van der Waals surface area contributed by atoms with Gasteiger partial charge in [0.25, 0.3) is 0 Å². The Hall–Kier alpha value is -0.250. The summed E-state index contributed by atoms with van der Waals surface area (Å²) in [4.78, 5) is 2.15. The SMILES string of the molecule is CCCN1N=CN(CC)C1Br. The van der Waals surface area contributed by atoms with Gasteiger partial charge in [-0.2, -0.15) is 5.10 Å². The molecule has 0 N–H and O–H groups in total. The fraction of sp³-hybridized carbons (Fsp3) is 0.857. The number of rotatable bonds is 3. The van der Waals surface area contributed by atoms with Crippen LogP contribution >= 0.6 is 15.9 Å². The minimum absolute atomic E-state index is 0.271. The lowest BCUT2D eigenvalue weighted by Crippen LogP contribution is -2.34. The molecule has 11 heavy (non-hydrogen) atoms. The predicted octanol–water partition coefficient (Wildman–Crippen LogP) is 1.66. The third-order valence-electron chi connectivity index (χ3n) is 1.69. The highest BCUT2D eigenvalue weighted by molar-refractivity contribution is 9.09. The Kier molecular flexibility index (Phi) is 3.17. The van der Waals surface area contributed by atoms with Gasteiger partial charge in [0, 0.05) is 13.1 Å². The summed E-state index contributed by atoms with van der Waals surface area (Å²) in [6, 6.07) is 0. The summed E-state index contributed by atoms with van der Waals surface area (Å²) >= 11 is 3.56. The number of hydrazone groups is 1. The zero-order chi connectivity index (χ0) is 8.27. The van der Waals surface area contributed by atoms with Gasteiger partial charge in [-0.15, -0.1) is 0 Å². The molecule has 0 aromatic heterocycles. The van der Waals surface area contributed by atoms with Gasteiger partial charge in [0.15, 0.2) is 5.08 Å². The summed E-state index contributed by atoms with van der Waals surface area (Å²) in [6.45, 7) is 6.29. The Morgan fingerprint density at radius 1 is 1.55 bits per heavy atom. The van der Waals surface area contributed by atoms with Crippen molar-refractivity contribution in [2.45, 2.75) is 25.3 Å². The molecule has 64 valence electrons. The van der Waals surface area contributed by atoms with E-state index >= 15 is 0 Å². The van der Waals surface area contributed by atoms with Crippen LogP contribution in [0.2, 0.25) is 0 Å². The van der Waals surface area contributed by atoms with E-state index in [1.807, 2.05) is 11.3 Å². The molecule has 0 aromatic rings. The van der Waals surface area contributed by atoms with Gasteiger partial charge in [0.1, 0.15) is 6.34 Å². The molecule has 1 atom stereocenters. The second-order valence-corrected chi connectivity index (χ2v) is 3.35. The van der Waals surface area contributed by atoms with Gasteiger partial charge in [-0.25, -0.2) is 0 Å². The number of nitrogens with zero attached hydrogens (tertiary/aromatic N) is 3. The van der Waals surface area contributed by atoms with E-state index in [0.717, 1.165) is 19.5 Å². The van der Waals surface area contributed by atoms with E-state index < -0.39 is 0 Å². The Labute approximate surface area is 76.2 Å². The topological polar surface area (TPSA) is 18.8 Å². The predicted molar refractivity (Wildman–Crippen MR) is 50.6 cm³/mol. The van der Waals surface area contributed by atoms with Crippen molar-refractivity contribution in [2.24, 2.45) is 5.10 Å². The summed E-state index contributed by atoms with van der Waals surface area (Å²) < 4.78 is 0. The molecule has 0 saturated heterocycles. The zero-order valence-electron chi connectivity index (χ0n) is 7.00. The van der Waals surface area contributed by atoms with Gasteiger partial charge in [0.2, 0.25) is 0 Å². The van der Waals surface area contributed by atoms with Crippen LogP contribution in [0.15, 0.2) is 5.10 Å². The van der Waals surface area contributed by atoms with Crippen LogP contribution in [0.3, 0.4) is 0 Å². The minimum atomic E-state index is 0.271. The summed E-state index contributed by atoms with van der Waals surface area (Å²) in [6.07, 6.45) is 3.02. The molecule has 0 bridgehead atoms. The maximum Gasteiger partial charge on any atom is 0.175 e. The third kappa shape index (κ3) is 1.86. The van der Waals surface area contributed by atoms with Crippen molar-refractivity contribution >= 4 is 22.3 Å². The first-order valence-electron chi connectivity index (χ1n) is 4.00. The van der Waals surface area contributed by atoms with Crippen molar-refractivity contribution in [3.8, 4) is 0 Å². The first-order chi connectivity index (χ1) is 5.29. The highest BCUT2D eigenvalue weighted by Gasteiger charge is 2.22. The Balaban J connectivity index is 2.42. The van der Waals surface area contributed by atoms with Gasteiger partial charge in [-0.1, -0.05) is 6.92 Å². The van der Waals surface area contributed by atoms with Gasteiger partial charge >= 0.3 is 0 Å². The molecule has 1 aliphatic heterocycles. The van der Waals surface area contributed by atoms with Crippen LogP contribution in [-0.2, 0) is 0 Å². The molecule has 4 heteroatoms. The molecule has 0 aliphatic carbocycles. The standard InChI is InChI=1S/C7H14BrN3/c1-3-5-11-7(8)10(4-2)6-9-11/h6-7H,3-5H2,1-2H3. The molecule has 0 spiro atoms. The molecule has 0 aromatic carbocycles. The molecule has 0 fully saturated rings. The second kappa shape index (κ2) is 3.95.